The van der Waals surface area contributed by atoms with Crippen molar-refractivity contribution >= 4 is 11.0 Å². The van der Waals surface area contributed by atoms with Gasteiger partial charge in [-0.05, 0) is 31.0 Å². The van der Waals surface area contributed by atoms with E-state index in [9.17, 15) is 13.2 Å². The molecule has 7 heteroatoms. The smallest absolute Gasteiger partial charge is 0.370 e. The first kappa shape index (κ1) is 15.8. The van der Waals surface area contributed by atoms with Gasteiger partial charge in [0.05, 0.1) is 6.61 Å². The van der Waals surface area contributed by atoms with Gasteiger partial charge < -0.3 is 15.0 Å². The summed E-state index contributed by atoms with van der Waals surface area (Å²) in [6.07, 6.45) is -0.0568. The van der Waals surface area contributed by atoms with Crippen molar-refractivity contribution in [2.24, 2.45) is 5.73 Å². The van der Waals surface area contributed by atoms with Crippen LogP contribution in [0.4, 0.5) is 13.2 Å². The second-order valence-corrected chi connectivity index (χ2v) is 5.07. The minimum Gasteiger partial charge on any atom is -0.370 e. The second kappa shape index (κ2) is 6.44. The molecule has 1 atom stereocenters. The van der Waals surface area contributed by atoms with Crippen LogP contribution in [-0.4, -0.2) is 35.0 Å². The summed E-state index contributed by atoms with van der Waals surface area (Å²) < 4.78 is 42.5. The fraction of sp³-hybridized carbons (Fsp3) is 0.500. The number of halogens is 3. The van der Waals surface area contributed by atoms with Crippen molar-refractivity contribution in [2.45, 2.75) is 32.1 Å². The number of alkyl halides is 3. The number of pyridine rings is 1. The Labute approximate surface area is 120 Å². The van der Waals surface area contributed by atoms with E-state index >= 15 is 0 Å². The maximum absolute atomic E-state index is 12.0. The molecule has 0 fully saturated rings. The number of nitrogens with zero attached hydrogens (tertiary/aromatic N) is 2. The Kier molecular flexibility index (Phi) is 4.84. The van der Waals surface area contributed by atoms with Crippen LogP contribution in [0.3, 0.4) is 0 Å². The Bertz CT molecular complexity index is 593. The van der Waals surface area contributed by atoms with Crippen molar-refractivity contribution in [1.29, 1.82) is 0 Å². The Morgan fingerprint density at radius 1 is 1.43 bits per heavy atom. The fourth-order valence-corrected chi connectivity index (χ4v) is 2.23. The highest BCUT2D eigenvalue weighted by Gasteiger charge is 2.27. The third-order valence-electron chi connectivity index (χ3n) is 3.00. The van der Waals surface area contributed by atoms with E-state index in [4.69, 9.17) is 5.73 Å². The van der Waals surface area contributed by atoms with Gasteiger partial charge in [0.25, 0.3) is 0 Å². The minimum absolute atomic E-state index is 0.00531. The largest absolute Gasteiger partial charge is 0.411 e. The average molecular weight is 301 g/mol. The number of nitrogens with two attached hydrogens (primary N) is 1. The quantitative estimate of drug-likeness (QED) is 0.834. The van der Waals surface area contributed by atoms with Crippen molar-refractivity contribution in [3.8, 4) is 0 Å². The van der Waals surface area contributed by atoms with E-state index in [2.05, 4.69) is 9.72 Å². The molecule has 0 saturated carbocycles. The van der Waals surface area contributed by atoms with Gasteiger partial charge in [-0.3, -0.25) is 0 Å². The molecule has 116 valence electrons. The van der Waals surface area contributed by atoms with E-state index in [1.54, 1.807) is 6.20 Å². The SMILES string of the molecule is CC(N)Cc1cn(CCOCC(F)(F)F)c2ncccc12. The van der Waals surface area contributed by atoms with Gasteiger partial charge in [-0.25, -0.2) is 4.98 Å². The van der Waals surface area contributed by atoms with Gasteiger partial charge in [-0.2, -0.15) is 13.2 Å². The maximum Gasteiger partial charge on any atom is 0.411 e. The third kappa shape index (κ3) is 4.44. The molecule has 0 saturated heterocycles. The standard InChI is InChI=1S/C14H18F3N3O/c1-10(18)7-11-8-20(5-6-21-9-14(15,16)17)13-12(11)3-2-4-19-13/h2-4,8,10H,5-7,9,18H2,1H3. The Morgan fingerprint density at radius 2 is 2.19 bits per heavy atom. The van der Waals surface area contributed by atoms with Crippen molar-refractivity contribution in [3.63, 3.8) is 0 Å². The summed E-state index contributed by atoms with van der Waals surface area (Å²) in [5.74, 6) is 0. The summed E-state index contributed by atoms with van der Waals surface area (Å²) >= 11 is 0. The second-order valence-electron chi connectivity index (χ2n) is 5.07. The lowest BCUT2D eigenvalue weighted by atomic mass is 10.1. The van der Waals surface area contributed by atoms with E-state index in [0.717, 1.165) is 16.6 Å². The molecule has 0 aliphatic rings. The van der Waals surface area contributed by atoms with Crippen molar-refractivity contribution in [1.82, 2.24) is 9.55 Å². The molecule has 0 spiro atoms. The third-order valence-corrected chi connectivity index (χ3v) is 3.00. The van der Waals surface area contributed by atoms with Crippen molar-refractivity contribution < 1.29 is 17.9 Å². The molecule has 2 aromatic heterocycles. The summed E-state index contributed by atoms with van der Waals surface area (Å²) in [5, 5.41) is 0.977. The van der Waals surface area contributed by atoms with Gasteiger partial charge in [0.2, 0.25) is 0 Å². The molecule has 0 aliphatic carbocycles. The van der Waals surface area contributed by atoms with Gasteiger partial charge >= 0.3 is 6.18 Å². The zero-order valence-electron chi connectivity index (χ0n) is 11.7. The zero-order valence-corrected chi connectivity index (χ0v) is 11.7. The highest BCUT2D eigenvalue weighted by atomic mass is 19.4. The number of hydrogen-bond donors (Lipinski definition) is 1. The number of fused-ring (bicyclic) bond motifs is 1. The molecule has 0 radical (unpaired) electrons. The topological polar surface area (TPSA) is 53.1 Å². The first-order valence-electron chi connectivity index (χ1n) is 6.69. The van der Waals surface area contributed by atoms with E-state index in [0.29, 0.717) is 13.0 Å². The van der Waals surface area contributed by atoms with Crippen LogP contribution >= 0.6 is 0 Å². The molecular weight excluding hydrogens is 283 g/mol. The van der Waals surface area contributed by atoms with Gasteiger partial charge in [0.1, 0.15) is 12.3 Å². The predicted molar refractivity (Wildman–Crippen MR) is 74.0 cm³/mol. The van der Waals surface area contributed by atoms with Crippen LogP contribution < -0.4 is 5.73 Å². The van der Waals surface area contributed by atoms with Crippen LogP contribution in [0.15, 0.2) is 24.5 Å². The normalized spacial score (nSPS) is 13.8. The van der Waals surface area contributed by atoms with Crippen LogP contribution in [0.5, 0.6) is 0 Å². The number of ether oxygens (including phenoxy) is 1. The molecular formula is C14H18F3N3O. The first-order chi connectivity index (χ1) is 9.87. The molecule has 2 heterocycles. The lowest BCUT2D eigenvalue weighted by Gasteiger charge is -2.08. The average Bonchev–Trinajstić information content (AvgIpc) is 2.72. The maximum atomic E-state index is 12.0. The molecule has 2 rings (SSSR count). The monoisotopic (exact) mass is 301 g/mol. The summed E-state index contributed by atoms with van der Waals surface area (Å²) in [6, 6.07) is 3.77. The lowest BCUT2D eigenvalue weighted by Crippen LogP contribution is -2.19. The van der Waals surface area contributed by atoms with E-state index < -0.39 is 12.8 Å². The molecule has 2 N–H and O–H groups in total. The van der Waals surface area contributed by atoms with E-state index in [-0.39, 0.29) is 12.6 Å². The summed E-state index contributed by atoms with van der Waals surface area (Å²) in [7, 11) is 0. The summed E-state index contributed by atoms with van der Waals surface area (Å²) in [5.41, 5.74) is 7.60. The van der Waals surface area contributed by atoms with Crippen LogP contribution in [0.1, 0.15) is 12.5 Å². The van der Waals surface area contributed by atoms with Gasteiger partial charge in [-0.15, -0.1) is 0 Å². The zero-order chi connectivity index (χ0) is 15.5. The molecule has 2 aromatic rings. The number of rotatable bonds is 6. The van der Waals surface area contributed by atoms with Gasteiger partial charge in [0, 0.05) is 30.4 Å². The Hall–Kier alpha value is -1.60. The molecule has 0 aliphatic heterocycles. The molecule has 0 bridgehead atoms. The summed E-state index contributed by atoms with van der Waals surface area (Å²) in [6.45, 7) is 0.984. The first-order valence-corrected chi connectivity index (χ1v) is 6.69. The number of aromatic nitrogens is 2. The van der Waals surface area contributed by atoms with E-state index in [1.165, 1.54) is 0 Å². The fourth-order valence-electron chi connectivity index (χ4n) is 2.23. The van der Waals surface area contributed by atoms with Gasteiger partial charge in [0.15, 0.2) is 0 Å². The molecule has 0 aromatic carbocycles. The van der Waals surface area contributed by atoms with Crippen LogP contribution in [0.2, 0.25) is 0 Å². The highest BCUT2D eigenvalue weighted by molar-refractivity contribution is 5.80. The van der Waals surface area contributed by atoms with E-state index in [1.807, 2.05) is 29.8 Å². The highest BCUT2D eigenvalue weighted by Crippen LogP contribution is 2.21. The van der Waals surface area contributed by atoms with Crippen LogP contribution in [-0.2, 0) is 17.7 Å². The molecule has 21 heavy (non-hydrogen) atoms. The predicted octanol–water partition coefficient (Wildman–Crippen LogP) is 2.50. The summed E-state index contributed by atoms with van der Waals surface area (Å²) in [4.78, 5) is 4.28. The Balaban J connectivity index is 2.09. The van der Waals surface area contributed by atoms with Crippen LogP contribution in [0.25, 0.3) is 11.0 Å². The lowest BCUT2D eigenvalue weighted by molar-refractivity contribution is -0.174. The molecule has 1 unspecified atom stereocenters. The van der Waals surface area contributed by atoms with Gasteiger partial charge in [-0.1, -0.05) is 0 Å². The van der Waals surface area contributed by atoms with Crippen LogP contribution in [0, 0.1) is 0 Å². The molecule has 0 amide bonds. The minimum atomic E-state index is -4.29. The van der Waals surface area contributed by atoms with Crippen molar-refractivity contribution in [3.05, 3.63) is 30.1 Å². The molecule has 4 nitrogen and oxygen atoms in total. The Morgan fingerprint density at radius 3 is 2.86 bits per heavy atom. The van der Waals surface area contributed by atoms with Crippen molar-refractivity contribution in [2.75, 3.05) is 13.2 Å². The number of hydrogen-bond acceptors (Lipinski definition) is 3.